The maximum atomic E-state index is 13.3. The Morgan fingerprint density at radius 2 is 1.89 bits per heavy atom. The van der Waals surface area contributed by atoms with E-state index >= 15 is 0 Å². The molecule has 5 heteroatoms. The lowest BCUT2D eigenvalue weighted by atomic mass is 10.0. The number of rotatable bonds is 7. The molecule has 2 aromatic carbocycles. The summed E-state index contributed by atoms with van der Waals surface area (Å²) < 4.78 is 17.7. The summed E-state index contributed by atoms with van der Waals surface area (Å²) in [6.45, 7) is 6.14. The standard InChI is InChI=1S/C23H27NO4/c1-3-4-7-12-26-21-9-6-5-8-18(21)16-24-20-11-10-17(2)15-19(20)23(22(24)25)27-13-14-28-23/h5-6,8-11,15H,3-4,7,12-14,16H2,1-2H3. The Bertz CT molecular complexity index is 857. The minimum atomic E-state index is -1.29. The van der Waals surface area contributed by atoms with Gasteiger partial charge in [-0.05, 0) is 31.5 Å². The van der Waals surface area contributed by atoms with Gasteiger partial charge in [0, 0.05) is 11.1 Å². The van der Waals surface area contributed by atoms with Gasteiger partial charge < -0.3 is 19.1 Å². The van der Waals surface area contributed by atoms with Crippen molar-refractivity contribution in [2.24, 2.45) is 0 Å². The lowest BCUT2D eigenvalue weighted by Crippen LogP contribution is -2.41. The molecule has 1 saturated heterocycles. The lowest BCUT2D eigenvalue weighted by molar-refractivity contribution is -0.180. The quantitative estimate of drug-likeness (QED) is 0.671. The zero-order valence-corrected chi connectivity index (χ0v) is 16.6. The van der Waals surface area contributed by atoms with Crippen molar-refractivity contribution >= 4 is 11.6 Å². The Kier molecular flexibility index (Phi) is 5.38. The molecule has 1 spiro atoms. The van der Waals surface area contributed by atoms with Crippen molar-refractivity contribution in [3.05, 3.63) is 59.2 Å². The number of benzene rings is 2. The molecular weight excluding hydrogens is 354 g/mol. The highest BCUT2D eigenvalue weighted by molar-refractivity contribution is 6.06. The van der Waals surface area contributed by atoms with Crippen LogP contribution in [0.4, 0.5) is 5.69 Å². The molecule has 0 radical (unpaired) electrons. The number of aryl methyl sites for hydroxylation is 1. The van der Waals surface area contributed by atoms with Crippen LogP contribution in [-0.4, -0.2) is 25.7 Å². The average molecular weight is 381 g/mol. The van der Waals surface area contributed by atoms with Crippen molar-refractivity contribution in [2.45, 2.75) is 45.4 Å². The van der Waals surface area contributed by atoms with Crippen molar-refractivity contribution in [2.75, 3.05) is 24.7 Å². The predicted molar refractivity (Wildman–Crippen MR) is 107 cm³/mol. The minimum absolute atomic E-state index is 0.161. The maximum absolute atomic E-state index is 13.3. The normalized spacial score (nSPS) is 17.4. The third-order valence-electron chi connectivity index (χ3n) is 5.32. The number of amides is 1. The van der Waals surface area contributed by atoms with Gasteiger partial charge >= 0.3 is 0 Å². The topological polar surface area (TPSA) is 48.0 Å². The smallest absolute Gasteiger partial charge is 0.292 e. The Balaban J connectivity index is 1.62. The van der Waals surface area contributed by atoms with E-state index in [1.165, 1.54) is 0 Å². The van der Waals surface area contributed by atoms with Crippen LogP contribution in [0, 0.1) is 6.92 Å². The summed E-state index contributed by atoms with van der Waals surface area (Å²) in [5.41, 5.74) is 3.70. The first-order valence-corrected chi connectivity index (χ1v) is 10.1. The van der Waals surface area contributed by atoms with Gasteiger partial charge in [0.25, 0.3) is 11.7 Å². The SMILES string of the molecule is CCCCCOc1ccccc1CN1C(=O)C2(OCCO2)c2cc(C)ccc21. The third-order valence-corrected chi connectivity index (χ3v) is 5.32. The third kappa shape index (κ3) is 3.29. The van der Waals surface area contributed by atoms with Crippen molar-refractivity contribution in [3.63, 3.8) is 0 Å². The Morgan fingerprint density at radius 1 is 1.11 bits per heavy atom. The molecule has 0 N–H and O–H groups in total. The summed E-state index contributed by atoms with van der Waals surface area (Å²) in [6, 6.07) is 13.9. The van der Waals surface area contributed by atoms with Crippen LogP contribution in [0.3, 0.4) is 0 Å². The number of hydrogen-bond acceptors (Lipinski definition) is 4. The van der Waals surface area contributed by atoms with E-state index in [4.69, 9.17) is 14.2 Å². The number of hydrogen-bond donors (Lipinski definition) is 0. The molecule has 28 heavy (non-hydrogen) atoms. The molecule has 5 nitrogen and oxygen atoms in total. The molecule has 2 aromatic rings. The van der Waals surface area contributed by atoms with Crippen LogP contribution in [0.1, 0.15) is 42.9 Å². The summed E-state index contributed by atoms with van der Waals surface area (Å²) >= 11 is 0. The molecule has 0 saturated carbocycles. The van der Waals surface area contributed by atoms with Gasteiger partial charge in [-0.25, -0.2) is 0 Å². The lowest BCUT2D eigenvalue weighted by Gasteiger charge is -2.23. The van der Waals surface area contributed by atoms with E-state index in [0.29, 0.717) is 26.4 Å². The number of unbranched alkanes of at least 4 members (excludes halogenated alkanes) is 2. The van der Waals surface area contributed by atoms with Gasteiger partial charge in [-0.1, -0.05) is 49.6 Å². The zero-order chi connectivity index (χ0) is 19.6. The largest absolute Gasteiger partial charge is 0.493 e. The van der Waals surface area contributed by atoms with Gasteiger partial charge in [-0.2, -0.15) is 0 Å². The van der Waals surface area contributed by atoms with Crippen LogP contribution < -0.4 is 9.64 Å². The molecule has 0 unspecified atom stereocenters. The summed E-state index contributed by atoms with van der Waals surface area (Å²) in [4.78, 5) is 15.1. The van der Waals surface area contributed by atoms with Crippen molar-refractivity contribution < 1.29 is 19.0 Å². The second-order valence-corrected chi connectivity index (χ2v) is 7.39. The van der Waals surface area contributed by atoms with E-state index in [2.05, 4.69) is 6.92 Å². The van der Waals surface area contributed by atoms with Crippen LogP contribution in [0.15, 0.2) is 42.5 Å². The molecule has 1 fully saturated rings. The number of nitrogens with zero attached hydrogens (tertiary/aromatic N) is 1. The number of anilines is 1. The van der Waals surface area contributed by atoms with E-state index in [1.54, 1.807) is 4.90 Å². The van der Waals surface area contributed by atoms with Crippen LogP contribution in [0.2, 0.25) is 0 Å². The summed E-state index contributed by atoms with van der Waals surface area (Å²) in [7, 11) is 0. The Labute approximate surface area is 166 Å². The zero-order valence-electron chi connectivity index (χ0n) is 16.6. The molecule has 1 amide bonds. The van der Waals surface area contributed by atoms with Gasteiger partial charge in [-0.3, -0.25) is 4.79 Å². The first kappa shape index (κ1) is 19.0. The first-order valence-electron chi connectivity index (χ1n) is 10.1. The van der Waals surface area contributed by atoms with Crippen LogP contribution in [0.25, 0.3) is 0 Å². The Hall–Kier alpha value is -2.37. The highest BCUT2D eigenvalue weighted by atomic mass is 16.7. The monoisotopic (exact) mass is 381 g/mol. The van der Waals surface area contributed by atoms with E-state index in [-0.39, 0.29) is 5.91 Å². The highest BCUT2D eigenvalue weighted by Gasteiger charge is 2.56. The summed E-state index contributed by atoms with van der Waals surface area (Å²) in [5, 5.41) is 0. The minimum Gasteiger partial charge on any atom is -0.493 e. The predicted octanol–water partition coefficient (Wildman–Crippen LogP) is 4.31. The molecule has 148 valence electrons. The van der Waals surface area contributed by atoms with Crippen molar-refractivity contribution in [1.29, 1.82) is 0 Å². The van der Waals surface area contributed by atoms with E-state index in [9.17, 15) is 4.79 Å². The van der Waals surface area contributed by atoms with Gasteiger partial charge in [-0.15, -0.1) is 0 Å². The molecule has 2 aliphatic rings. The molecule has 2 heterocycles. The maximum Gasteiger partial charge on any atom is 0.292 e. The highest BCUT2D eigenvalue weighted by Crippen LogP contribution is 2.46. The van der Waals surface area contributed by atoms with E-state index < -0.39 is 5.79 Å². The van der Waals surface area contributed by atoms with Crippen molar-refractivity contribution in [1.82, 2.24) is 0 Å². The number of carbonyl (C=O) groups excluding carboxylic acids is 1. The molecule has 4 rings (SSSR count). The van der Waals surface area contributed by atoms with E-state index in [1.807, 2.05) is 49.4 Å². The number of carbonyl (C=O) groups is 1. The van der Waals surface area contributed by atoms with Gasteiger partial charge in [0.2, 0.25) is 0 Å². The number of para-hydroxylation sites is 1. The Morgan fingerprint density at radius 3 is 2.68 bits per heavy atom. The van der Waals surface area contributed by atoms with Gasteiger partial charge in [0.05, 0.1) is 32.1 Å². The molecule has 0 bridgehead atoms. The fourth-order valence-corrected chi connectivity index (χ4v) is 3.88. The van der Waals surface area contributed by atoms with Gasteiger partial charge in [0.15, 0.2) is 0 Å². The summed E-state index contributed by atoms with van der Waals surface area (Å²) in [6.07, 6.45) is 3.34. The van der Waals surface area contributed by atoms with Gasteiger partial charge in [0.1, 0.15) is 5.75 Å². The number of fused-ring (bicyclic) bond motifs is 2. The molecule has 0 aromatic heterocycles. The second-order valence-electron chi connectivity index (χ2n) is 7.39. The molecule has 0 aliphatic carbocycles. The van der Waals surface area contributed by atoms with E-state index in [0.717, 1.165) is 47.4 Å². The van der Waals surface area contributed by atoms with Crippen LogP contribution in [-0.2, 0) is 26.6 Å². The fourth-order valence-electron chi connectivity index (χ4n) is 3.88. The molecule has 2 aliphatic heterocycles. The van der Waals surface area contributed by atoms with Crippen molar-refractivity contribution in [3.8, 4) is 5.75 Å². The molecule has 0 atom stereocenters. The first-order chi connectivity index (χ1) is 13.7. The van der Waals surface area contributed by atoms with Crippen LogP contribution >= 0.6 is 0 Å². The number of ether oxygens (including phenoxy) is 3. The summed E-state index contributed by atoms with van der Waals surface area (Å²) in [5.74, 6) is -0.626. The van der Waals surface area contributed by atoms with Crippen LogP contribution in [0.5, 0.6) is 5.75 Å². The molecular formula is C23H27NO4. The average Bonchev–Trinajstić information content (AvgIpc) is 3.28. The second kappa shape index (κ2) is 7.94. The fraction of sp³-hybridized carbons (Fsp3) is 0.435.